The zero-order valence-corrected chi connectivity index (χ0v) is 11.2. The highest BCUT2D eigenvalue weighted by Gasteiger charge is 2.41. The summed E-state index contributed by atoms with van der Waals surface area (Å²) < 4.78 is 25.8. The van der Waals surface area contributed by atoms with Crippen LogP contribution >= 0.6 is 0 Å². The summed E-state index contributed by atoms with van der Waals surface area (Å²) in [5, 5.41) is 7.93. The van der Waals surface area contributed by atoms with Crippen molar-refractivity contribution in [1.29, 1.82) is 5.26 Å². The van der Waals surface area contributed by atoms with E-state index in [1.165, 1.54) is 4.31 Å². The molecule has 6 nitrogen and oxygen atoms in total. The molecule has 0 aliphatic carbocycles. The number of carbonyl (C=O) groups is 1. The Morgan fingerprint density at radius 3 is 2.83 bits per heavy atom. The van der Waals surface area contributed by atoms with Crippen LogP contribution in [0.1, 0.15) is 26.2 Å². The molecule has 2 saturated heterocycles. The summed E-state index contributed by atoms with van der Waals surface area (Å²) in [6, 6.07) is 1.85. The van der Waals surface area contributed by atoms with Crippen molar-refractivity contribution >= 4 is 15.9 Å². The van der Waals surface area contributed by atoms with Gasteiger partial charge in [-0.3, -0.25) is 4.79 Å². The molecule has 2 aliphatic heterocycles. The standard InChI is InChI=1S/C11H17N3O3S/c1-2-10(7-12)18(16,17)13-5-6-14-9(8-13)3-4-11(14)15/h9-10H,2-6,8H2,1H3. The highest BCUT2D eigenvalue weighted by atomic mass is 32.2. The van der Waals surface area contributed by atoms with Gasteiger partial charge in [0.05, 0.1) is 6.07 Å². The molecule has 2 fully saturated rings. The van der Waals surface area contributed by atoms with E-state index in [-0.39, 0.29) is 11.9 Å². The molecule has 2 unspecified atom stereocenters. The van der Waals surface area contributed by atoms with Crippen LogP contribution in [0.2, 0.25) is 0 Å². The minimum absolute atomic E-state index is 0.00257. The lowest BCUT2D eigenvalue weighted by molar-refractivity contribution is -0.130. The third-order valence-electron chi connectivity index (χ3n) is 3.69. The van der Waals surface area contributed by atoms with Crippen LogP contribution < -0.4 is 0 Å². The first kappa shape index (κ1) is 13.3. The number of hydrogen-bond acceptors (Lipinski definition) is 4. The summed E-state index contributed by atoms with van der Waals surface area (Å²) in [6.07, 6.45) is 1.52. The van der Waals surface area contributed by atoms with Crippen LogP contribution in [0.5, 0.6) is 0 Å². The van der Waals surface area contributed by atoms with Gasteiger partial charge in [0.2, 0.25) is 15.9 Å². The first-order valence-corrected chi connectivity index (χ1v) is 7.69. The molecule has 2 rings (SSSR count). The van der Waals surface area contributed by atoms with Gasteiger partial charge in [-0.2, -0.15) is 9.57 Å². The van der Waals surface area contributed by atoms with Crippen molar-refractivity contribution in [1.82, 2.24) is 9.21 Å². The van der Waals surface area contributed by atoms with Crippen LogP contribution in [0.3, 0.4) is 0 Å². The lowest BCUT2D eigenvalue weighted by Gasteiger charge is -2.37. The predicted molar refractivity (Wildman–Crippen MR) is 64.9 cm³/mol. The Labute approximate surface area is 107 Å². The van der Waals surface area contributed by atoms with Crippen LogP contribution in [0.15, 0.2) is 0 Å². The fraction of sp³-hybridized carbons (Fsp3) is 0.818. The third kappa shape index (κ3) is 2.10. The van der Waals surface area contributed by atoms with Crippen LogP contribution in [0.25, 0.3) is 0 Å². The van der Waals surface area contributed by atoms with Gasteiger partial charge in [0, 0.05) is 32.1 Å². The molecule has 7 heteroatoms. The van der Waals surface area contributed by atoms with E-state index in [9.17, 15) is 13.2 Å². The first-order valence-electron chi connectivity index (χ1n) is 6.18. The number of nitriles is 1. The van der Waals surface area contributed by atoms with Gasteiger partial charge >= 0.3 is 0 Å². The zero-order chi connectivity index (χ0) is 13.3. The maximum atomic E-state index is 12.2. The molecule has 1 amide bonds. The van der Waals surface area contributed by atoms with E-state index >= 15 is 0 Å². The highest BCUT2D eigenvalue weighted by Crippen LogP contribution is 2.25. The molecule has 2 heterocycles. The van der Waals surface area contributed by atoms with E-state index in [0.717, 1.165) is 0 Å². The van der Waals surface area contributed by atoms with E-state index in [1.54, 1.807) is 11.8 Å². The SMILES string of the molecule is CCC(C#N)S(=O)(=O)N1CCN2C(=O)CCC2C1. The second-order valence-electron chi connectivity index (χ2n) is 4.71. The quantitative estimate of drug-likeness (QED) is 0.719. The summed E-state index contributed by atoms with van der Waals surface area (Å²) in [5.74, 6) is 0.115. The monoisotopic (exact) mass is 271 g/mol. The molecule has 0 aromatic carbocycles. The van der Waals surface area contributed by atoms with Crippen molar-refractivity contribution in [2.45, 2.75) is 37.5 Å². The predicted octanol–water partition coefficient (Wildman–Crippen LogP) is -0.0750. The zero-order valence-electron chi connectivity index (χ0n) is 10.4. The molecule has 0 radical (unpaired) electrons. The van der Waals surface area contributed by atoms with E-state index in [2.05, 4.69) is 0 Å². The summed E-state index contributed by atoms with van der Waals surface area (Å²) in [7, 11) is -3.55. The number of hydrogen-bond donors (Lipinski definition) is 0. The average Bonchev–Trinajstić information content (AvgIpc) is 2.72. The molecule has 0 bridgehead atoms. The van der Waals surface area contributed by atoms with Gasteiger partial charge < -0.3 is 4.90 Å². The lowest BCUT2D eigenvalue weighted by Crippen LogP contribution is -2.54. The van der Waals surface area contributed by atoms with E-state index in [0.29, 0.717) is 38.9 Å². The molecular weight excluding hydrogens is 254 g/mol. The Morgan fingerprint density at radius 1 is 1.50 bits per heavy atom. The van der Waals surface area contributed by atoms with Gasteiger partial charge in [0.1, 0.15) is 0 Å². The number of piperazine rings is 1. The molecule has 0 saturated carbocycles. The van der Waals surface area contributed by atoms with Gasteiger partial charge in [-0.05, 0) is 12.8 Å². The summed E-state index contributed by atoms with van der Waals surface area (Å²) >= 11 is 0. The van der Waals surface area contributed by atoms with Gasteiger partial charge in [-0.25, -0.2) is 8.42 Å². The molecule has 18 heavy (non-hydrogen) atoms. The largest absolute Gasteiger partial charge is 0.337 e. The van der Waals surface area contributed by atoms with Crippen LogP contribution in [0, 0.1) is 11.3 Å². The maximum absolute atomic E-state index is 12.2. The summed E-state index contributed by atoms with van der Waals surface area (Å²) in [6.45, 7) is 2.79. The van der Waals surface area contributed by atoms with Crippen molar-refractivity contribution in [3.8, 4) is 6.07 Å². The first-order chi connectivity index (χ1) is 8.50. The summed E-state index contributed by atoms with van der Waals surface area (Å²) in [5.41, 5.74) is 0. The van der Waals surface area contributed by atoms with Crippen LogP contribution in [0.4, 0.5) is 0 Å². The molecule has 0 spiro atoms. The van der Waals surface area contributed by atoms with Crippen molar-refractivity contribution in [2.75, 3.05) is 19.6 Å². The number of rotatable bonds is 3. The van der Waals surface area contributed by atoms with Crippen molar-refractivity contribution < 1.29 is 13.2 Å². The minimum Gasteiger partial charge on any atom is -0.337 e. The molecule has 2 atom stereocenters. The van der Waals surface area contributed by atoms with E-state index in [4.69, 9.17) is 5.26 Å². The van der Waals surface area contributed by atoms with Crippen molar-refractivity contribution in [2.24, 2.45) is 0 Å². The smallest absolute Gasteiger partial charge is 0.230 e. The fourth-order valence-corrected chi connectivity index (χ4v) is 4.25. The molecule has 0 aromatic rings. The minimum atomic E-state index is -3.55. The van der Waals surface area contributed by atoms with Gasteiger partial charge in [-0.15, -0.1) is 0 Å². The maximum Gasteiger partial charge on any atom is 0.230 e. The number of carbonyl (C=O) groups excluding carboxylic acids is 1. The number of fused-ring (bicyclic) bond motifs is 1. The van der Waals surface area contributed by atoms with Gasteiger partial charge in [0.15, 0.2) is 5.25 Å². The second kappa shape index (κ2) is 4.86. The van der Waals surface area contributed by atoms with Crippen molar-refractivity contribution in [3.05, 3.63) is 0 Å². The van der Waals surface area contributed by atoms with Gasteiger partial charge in [0.25, 0.3) is 0 Å². The van der Waals surface area contributed by atoms with Crippen LogP contribution in [-0.2, 0) is 14.8 Å². The number of amides is 1. The fourth-order valence-electron chi connectivity index (χ4n) is 2.62. The van der Waals surface area contributed by atoms with Crippen LogP contribution in [-0.4, -0.2) is 54.5 Å². The Morgan fingerprint density at radius 2 is 2.22 bits per heavy atom. The lowest BCUT2D eigenvalue weighted by atomic mass is 10.2. The molecule has 0 aromatic heterocycles. The molecule has 2 aliphatic rings. The number of sulfonamides is 1. The molecular formula is C11H17N3O3S. The summed E-state index contributed by atoms with van der Waals surface area (Å²) in [4.78, 5) is 13.3. The normalized spacial score (nSPS) is 26.8. The average molecular weight is 271 g/mol. The Bertz CT molecular complexity index is 482. The topological polar surface area (TPSA) is 81.5 Å². The molecule has 0 N–H and O–H groups in total. The number of nitrogens with zero attached hydrogens (tertiary/aromatic N) is 3. The third-order valence-corrected chi connectivity index (χ3v) is 5.90. The highest BCUT2D eigenvalue weighted by molar-refractivity contribution is 7.90. The Hall–Kier alpha value is -1.13. The molecule has 100 valence electrons. The van der Waals surface area contributed by atoms with E-state index in [1.807, 2.05) is 6.07 Å². The van der Waals surface area contributed by atoms with E-state index < -0.39 is 15.3 Å². The van der Waals surface area contributed by atoms with Gasteiger partial charge in [-0.1, -0.05) is 6.92 Å². The Kier molecular flexibility index (Phi) is 3.59. The Balaban J connectivity index is 2.13. The van der Waals surface area contributed by atoms with Crippen molar-refractivity contribution in [3.63, 3.8) is 0 Å². The second-order valence-corrected chi connectivity index (χ2v) is 6.82.